The maximum absolute atomic E-state index is 13.0. The van der Waals surface area contributed by atoms with Gasteiger partial charge in [0, 0.05) is 40.2 Å². The number of anilines is 3. The lowest BCUT2D eigenvalue weighted by atomic mass is 10.2. The molecule has 1 saturated heterocycles. The van der Waals surface area contributed by atoms with Crippen LogP contribution in [0.3, 0.4) is 0 Å². The van der Waals surface area contributed by atoms with E-state index in [1.54, 1.807) is 18.9 Å². The summed E-state index contributed by atoms with van der Waals surface area (Å²) in [6.45, 7) is 3.54. The first-order chi connectivity index (χ1) is 16.8. The number of hydrogen-bond acceptors (Lipinski definition) is 9. The topological polar surface area (TPSA) is 157 Å². The normalized spacial score (nSPS) is 13.5. The van der Waals surface area contributed by atoms with Crippen LogP contribution in [0, 0.1) is 18.3 Å². The number of nitrogens with two attached hydrogens (primary N) is 1. The van der Waals surface area contributed by atoms with Gasteiger partial charge in [0.25, 0.3) is 5.56 Å². The van der Waals surface area contributed by atoms with E-state index in [1.165, 1.54) is 9.47 Å². The second-order valence-corrected chi connectivity index (χ2v) is 8.29. The summed E-state index contributed by atoms with van der Waals surface area (Å²) in [6.07, 6.45) is 0. The van der Waals surface area contributed by atoms with Crippen molar-refractivity contribution in [1.82, 2.24) is 19.4 Å². The zero-order valence-corrected chi connectivity index (χ0v) is 19.5. The number of aromatic nitrogens is 3. The number of H-pyrrole nitrogens is 1. The third-order valence-corrected chi connectivity index (χ3v) is 5.89. The third-order valence-electron chi connectivity index (χ3n) is 5.89. The van der Waals surface area contributed by atoms with Gasteiger partial charge in [-0.3, -0.25) is 19.1 Å². The quantitative estimate of drug-likeness (QED) is 0.502. The minimum Gasteiger partial charge on any atom is -0.424 e. The Morgan fingerprint density at radius 3 is 2.57 bits per heavy atom. The number of nitrogens with one attached hydrogen (secondary N) is 1. The van der Waals surface area contributed by atoms with E-state index in [2.05, 4.69) is 9.97 Å². The molecule has 3 heterocycles. The standard InChI is InChI=1S/C23H26N8O4/c1-15-26-17(12-24)22(35-15)30-10-8-29(9-11-30)18(32)14-28(2)19-20(25)31(23(34)27-21(19)33)13-16-6-4-3-5-7-16/h3-7H,8-11,13-14,25H2,1-2H3,(H,27,33,34). The van der Waals surface area contributed by atoms with Crippen LogP contribution in [0.5, 0.6) is 0 Å². The average Bonchev–Trinajstić information content (AvgIpc) is 3.23. The van der Waals surface area contributed by atoms with E-state index in [0.717, 1.165) is 5.56 Å². The van der Waals surface area contributed by atoms with E-state index in [-0.39, 0.29) is 36.2 Å². The van der Waals surface area contributed by atoms with Crippen LogP contribution in [0.2, 0.25) is 0 Å². The van der Waals surface area contributed by atoms with Crippen LogP contribution in [0.4, 0.5) is 17.4 Å². The Morgan fingerprint density at radius 1 is 1.23 bits per heavy atom. The number of nitrogens with zero attached hydrogens (tertiary/aromatic N) is 6. The maximum Gasteiger partial charge on any atom is 0.330 e. The summed E-state index contributed by atoms with van der Waals surface area (Å²) in [6, 6.07) is 11.3. The van der Waals surface area contributed by atoms with Gasteiger partial charge in [0.1, 0.15) is 17.6 Å². The SMILES string of the molecule is Cc1nc(C#N)c(N2CCN(C(=O)CN(C)c3c(N)n(Cc4ccccc4)c(=O)[nH]c3=O)CC2)o1. The van der Waals surface area contributed by atoms with Gasteiger partial charge < -0.3 is 24.9 Å². The van der Waals surface area contributed by atoms with Gasteiger partial charge in [-0.1, -0.05) is 30.3 Å². The molecule has 3 N–H and O–H groups in total. The molecule has 0 radical (unpaired) electrons. The Morgan fingerprint density at radius 2 is 1.91 bits per heavy atom. The zero-order chi connectivity index (χ0) is 25.1. The molecule has 1 fully saturated rings. The van der Waals surface area contributed by atoms with Crippen molar-refractivity contribution in [2.45, 2.75) is 13.5 Å². The summed E-state index contributed by atoms with van der Waals surface area (Å²) in [4.78, 5) is 49.3. The Kier molecular flexibility index (Phi) is 6.59. The van der Waals surface area contributed by atoms with Crippen LogP contribution in [0.15, 0.2) is 44.3 Å². The minimum atomic E-state index is -0.651. The molecule has 1 aromatic carbocycles. The molecule has 4 rings (SSSR count). The van der Waals surface area contributed by atoms with E-state index in [9.17, 15) is 19.6 Å². The molecule has 1 amide bonds. The summed E-state index contributed by atoms with van der Waals surface area (Å²) in [5, 5.41) is 9.25. The van der Waals surface area contributed by atoms with Crippen molar-refractivity contribution in [2.75, 3.05) is 55.3 Å². The number of nitrogen functional groups attached to an aromatic ring is 1. The van der Waals surface area contributed by atoms with Gasteiger partial charge >= 0.3 is 5.69 Å². The van der Waals surface area contributed by atoms with Crippen molar-refractivity contribution in [3.05, 3.63) is 68.3 Å². The lowest BCUT2D eigenvalue weighted by Gasteiger charge is -2.35. The first kappa shape index (κ1) is 23.6. The number of rotatable bonds is 6. The number of oxazole rings is 1. The van der Waals surface area contributed by atoms with Crippen molar-refractivity contribution >= 4 is 23.3 Å². The van der Waals surface area contributed by atoms with E-state index in [4.69, 9.17) is 10.2 Å². The molecule has 12 nitrogen and oxygen atoms in total. The highest BCUT2D eigenvalue weighted by atomic mass is 16.4. The molecule has 0 bridgehead atoms. The van der Waals surface area contributed by atoms with Gasteiger partial charge in [-0.2, -0.15) is 5.26 Å². The number of piperazine rings is 1. The van der Waals surface area contributed by atoms with E-state index in [0.29, 0.717) is 38.0 Å². The first-order valence-corrected chi connectivity index (χ1v) is 11.1. The smallest absolute Gasteiger partial charge is 0.330 e. The van der Waals surface area contributed by atoms with Gasteiger partial charge in [-0.25, -0.2) is 9.78 Å². The van der Waals surface area contributed by atoms with Crippen molar-refractivity contribution in [1.29, 1.82) is 5.26 Å². The van der Waals surface area contributed by atoms with E-state index < -0.39 is 11.2 Å². The fourth-order valence-electron chi connectivity index (χ4n) is 4.11. The Hall–Kier alpha value is -4.53. The van der Waals surface area contributed by atoms with Crippen molar-refractivity contribution in [3.63, 3.8) is 0 Å². The first-order valence-electron chi connectivity index (χ1n) is 11.1. The molecule has 0 aliphatic carbocycles. The number of hydrogen-bond donors (Lipinski definition) is 2. The summed E-state index contributed by atoms with van der Waals surface area (Å²) >= 11 is 0. The number of aryl methyl sites for hydroxylation is 1. The number of amides is 1. The third kappa shape index (κ3) is 4.89. The monoisotopic (exact) mass is 478 g/mol. The lowest BCUT2D eigenvalue weighted by Crippen LogP contribution is -2.51. The predicted octanol–water partition coefficient (Wildman–Crippen LogP) is 0.120. The second kappa shape index (κ2) is 9.76. The fraction of sp³-hybridized carbons (Fsp3) is 0.348. The lowest BCUT2D eigenvalue weighted by molar-refractivity contribution is -0.129. The van der Waals surface area contributed by atoms with Crippen LogP contribution in [0.25, 0.3) is 0 Å². The largest absolute Gasteiger partial charge is 0.424 e. The molecule has 0 unspecified atom stereocenters. The molecular formula is C23H26N8O4. The van der Waals surface area contributed by atoms with Gasteiger partial charge in [0.15, 0.2) is 5.89 Å². The summed E-state index contributed by atoms with van der Waals surface area (Å²) in [5.74, 6) is 0.621. The Bertz CT molecular complexity index is 1380. The number of aromatic amines is 1. The molecule has 0 spiro atoms. The highest BCUT2D eigenvalue weighted by Gasteiger charge is 2.27. The number of nitriles is 1. The van der Waals surface area contributed by atoms with Crippen molar-refractivity contribution in [3.8, 4) is 6.07 Å². The molecule has 2 aromatic heterocycles. The second-order valence-electron chi connectivity index (χ2n) is 8.29. The van der Waals surface area contributed by atoms with Gasteiger partial charge in [-0.05, 0) is 5.56 Å². The van der Waals surface area contributed by atoms with Gasteiger partial charge in [0.2, 0.25) is 17.5 Å². The number of carbonyl (C=O) groups excluding carboxylic acids is 1. The predicted molar refractivity (Wildman–Crippen MR) is 129 cm³/mol. The van der Waals surface area contributed by atoms with E-state index in [1.807, 2.05) is 41.3 Å². The minimum absolute atomic E-state index is 0.00700. The summed E-state index contributed by atoms with van der Waals surface area (Å²) < 4.78 is 6.83. The Balaban J connectivity index is 1.45. The molecule has 182 valence electrons. The molecule has 0 atom stereocenters. The number of carbonyl (C=O) groups is 1. The fourth-order valence-corrected chi connectivity index (χ4v) is 4.11. The van der Waals surface area contributed by atoms with E-state index >= 15 is 0 Å². The molecule has 35 heavy (non-hydrogen) atoms. The van der Waals surface area contributed by atoms with Crippen LogP contribution in [-0.4, -0.2) is 65.1 Å². The highest BCUT2D eigenvalue weighted by Crippen LogP contribution is 2.23. The number of likely N-dealkylation sites (N-methyl/N-ethyl adjacent to an activating group) is 1. The maximum atomic E-state index is 13.0. The van der Waals surface area contributed by atoms with Crippen molar-refractivity contribution < 1.29 is 9.21 Å². The van der Waals surface area contributed by atoms with Gasteiger partial charge in [-0.15, -0.1) is 0 Å². The zero-order valence-electron chi connectivity index (χ0n) is 19.5. The molecule has 1 aliphatic heterocycles. The van der Waals surface area contributed by atoms with Crippen LogP contribution in [0.1, 0.15) is 17.1 Å². The van der Waals surface area contributed by atoms with Crippen molar-refractivity contribution in [2.24, 2.45) is 0 Å². The number of benzene rings is 1. The highest BCUT2D eigenvalue weighted by molar-refractivity contribution is 5.82. The Labute approximate surface area is 200 Å². The van der Waals surface area contributed by atoms with Gasteiger partial charge in [0.05, 0.1) is 13.1 Å². The molecule has 0 saturated carbocycles. The molecular weight excluding hydrogens is 452 g/mol. The molecule has 3 aromatic rings. The van der Waals surface area contributed by atoms with Crippen LogP contribution in [-0.2, 0) is 11.3 Å². The molecule has 12 heteroatoms. The summed E-state index contributed by atoms with van der Waals surface area (Å²) in [7, 11) is 1.59. The average molecular weight is 479 g/mol. The molecule has 1 aliphatic rings. The van der Waals surface area contributed by atoms with Crippen LogP contribution < -0.4 is 26.8 Å². The summed E-state index contributed by atoms with van der Waals surface area (Å²) in [5.41, 5.74) is 6.09. The van der Waals surface area contributed by atoms with Crippen LogP contribution >= 0.6 is 0 Å².